The number of amides is 1. The zero-order valence-corrected chi connectivity index (χ0v) is 20.8. The molecule has 4 aliphatic rings. The van der Waals surface area contributed by atoms with Crippen LogP contribution < -0.4 is 5.32 Å². The fraction of sp³-hybridized carbons (Fsp3) is 0.864. The lowest BCUT2D eigenvalue weighted by Crippen LogP contribution is -2.73. The molecule has 1 saturated carbocycles. The molecular formula is C22H33F6N3O7. The van der Waals surface area contributed by atoms with E-state index in [2.05, 4.69) is 15.1 Å². The van der Waals surface area contributed by atoms with Crippen molar-refractivity contribution in [2.24, 2.45) is 11.8 Å². The van der Waals surface area contributed by atoms with Crippen molar-refractivity contribution in [2.75, 3.05) is 59.6 Å². The molecule has 3 aliphatic heterocycles. The van der Waals surface area contributed by atoms with E-state index in [1.165, 1.54) is 32.2 Å². The van der Waals surface area contributed by atoms with Crippen LogP contribution in [0.4, 0.5) is 26.3 Å². The SMILES string of the molecule is CNC(=O)C1COC2(CN(CC3CCOCC3)C2)CN1CC1CC1.O=C(O)C(F)(F)F.O=C(O)C(F)(F)F. The monoisotopic (exact) mass is 565 g/mol. The summed E-state index contributed by atoms with van der Waals surface area (Å²) in [5.74, 6) is -3.84. The minimum atomic E-state index is -5.08. The lowest BCUT2D eigenvalue weighted by atomic mass is 9.88. The molecule has 1 aliphatic carbocycles. The third-order valence-corrected chi connectivity index (χ3v) is 6.58. The zero-order valence-electron chi connectivity index (χ0n) is 20.8. The number of nitrogens with zero attached hydrogens (tertiary/aromatic N) is 2. The molecule has 4 rings (SSSR count). The summed E-state index contributed by atoms with van der Waals surface area (Å²) in [5, 5.41) is 17.1. The van der Waals surface area contributed by atoms with Gasteiger partial charge in [0.1, 0.15) is 11.6 Å². The van der Waals surface area contributed by atoms with Gasteiger partial charge in [-0.25, -0.2) is 9.59 Å². The van der Waals surface area contributed by atoms with Crippen molar-refractivity contribution in [3.8, 4) is 0 Å². The van der Waals surface area contributed by atoms with Crippen LogP contribution in [0.5, 0.6) is 0 Å². The molecule has 38 heavy (non-hydrogen) atoms. The van der Waals surface area contributed by atoms with Gasteiger partial charge in [-0.15, -0.1) is 0 Å². The molecule has 1 unspecified atom stereocenters. The molecule has 0 aromatic heterocycles. The number of carbonyl (C=O) groups excluding carboxylic acids is 1. The number of rotatable bonds is 5. The van der Waals surface area contributed by atoms with Gasteiger partial charge in [-0.1, -0.05) is 0 Å². The van der Waals surface area contributed by atoms with Gasteiger partial charge in [-0.05, 0) is 37.5 Å². The summed E-state index contributed by atoms with van der Waals surface area (Å²) in [7, 11) is 1.72. The van der Waals surface area contributed by atoms with Gasteiger partial charge in [-0.2, -0.15) is 26.3 Å². The first-order valence-electron chi connectivity index (χ1n) is 12.1. The molecule has 3 N–H and O–H groups in total. The van der Waals surface area contributed by atoms with E-state index in [4.69, 9.17) is 29.3 Å². The Bertz CT molecular complexity index is 786. The van der Waals surface area contributed by atoms with Gasteiger partial charge in [0.15, 0.2) is 0 Å². The summed E-state index contributed by atoms with van der Waals surface area (Å²) in [4.78, 5) is 34.9. The predicted molar refractivity (Wildman–Crippen MR) is 118 cm³/mol. The maximum absolute atomic E-state index is 12.2. The first-order chi connectivity index (χ1) is 17.6. The maximum atomic E-state index is 12.2. The average molecular weight is 566 g/mol. The van der Waals surface area contributed by atoms with Crippen molar-refractivity contribution in [2.45, 2.75) is 49.7 Å². The summed E-state index contributed by atoms with van der Waals surface area (Å²) >= 11 is 0. The van der Waals surface area contributed by atoms with Crippen LogP contribution >= 0.6 is 0 Å². The van der Waals surface area contributed by atoms with Gasteiger partial charge < -0.3 is 25.0 Å². The van der Waals surface area contributed by atoms with Gasteiger partial charge in [-0.3, -0.25) is 14.6 Å². The summed E-state index contributed by atoms with van der Waals surface area (Å²) < 4.78 is 75.1. The van der Waals surface area contributed by atoms with Crippen molar-refractivity contribution >= 4 is 17.8 Å². The average Bonchev–Trinajstić information content (AvgIpc) is 3.62. The van der Waals surface area contributed by atoms with Crippen molar-refractivity contribution in [1.82, 2.24) is 15.1 Å². The number of morpholine rings is 1. The fourth-order valence-electron chi connectivity index (χ4n) is 4.50. The first kappa shape index (κ1) is 32.0. The lowest BCUT2D eigenvalue weighted by Gasteiger charge is -2.56. The van der Waals surface area contributed by atoms with E-state index in [1.807, 2.05) is 0 Å². The second kappa shape index (κ2) is 13.3. The number of likely N-dealkylation sites (tertiary alicyclic amines) is 1. The van der Waals surface area contributed by atoms with Gasteiger partial charge in [0, 0.05) is 53.0 Å². The molecule has 0 bridgehead atoms. The number of hydrogen-bond acceptors (Lipinski definition) is 7. The molecule has 1 amide bonds. The van der Waals surface area contributed by atoms with Crippen LogP contribution in [0.2, 0.25) is 0 Å². The van der Waals surface area contributed by atoms with Gasteiger partial charge in [0.2, 0.25) is 5.91 Å². The normalized spacial score (nSPS) is 24.2. The molecule has 220 valence electrons. The second-order valence-corrected chi connectivity index (χ2v) is 9.83. The van der Waals surface area contributed by atoms with Crippen molar-refractivity contribution in [3.63, 3.8) is 0 Å². The van der Waals surface area contributed by atoms with Gasteiger partial charge >= 0.3 is 24.3 Å². The molecule has 1 atom stereocenters. The molecule has 3 saturated heterocycles. The molecule has 3 heterocycles. The van der Waals surface area contributed by atoms with Crippen LogP contribution in [0.15, 0.2) is 0 Å². The van der Waals surface area contributed by atoms with Crippen molar-refractivity contribution < 1.29 is 60.4 Å². The Hall–Kier alpha value is -2.17. The van der Waals surface area contributed by atoms with Crippen LogP contribution in [-0.4, -0.2) is 121 Å². The van der Waals surface area contributed by atoms with E-state index in [1.54, 1.807) is 7.05 Å². The molecule has 1 spiro atoms. The van der Waals surface area contributed by atoms with E-state index in [0.717, 1.165) is 51.2 Å². The third-order valence-electron chi connectivity index (χ3n) is 6.58. The van der Waals surface area contributed by atoms with Crippen LogP contribution in [0, 0.1) is 11.8 Å². The summed E-state index contributed by atoms with van der Waals surface area (Å²) in [5.41, 5.74) is -0.0371. The van der Waals surface area contributed by atoms with E-state index in [0.29, 0.717) is 6.61 Å². The fourth-order valence-corrected chi connectivity index (χ4v) is 4.50. The molecule has 16 heteroatoms. The smallest absolute Gasteiger partial charge is 0.475 e. The molecule has 0 radical (unpaired) electrons. The zero-order chi connectivity index (χ0) is 28.7. The van der Waals surface area contributed by atoms with Crippen LogP contribution in [0.25, 0.3) is 0 Å². The second-order valence-electron chi connectivity index (χ2n) is 9.83. The largest absolute Gasteiger partial charge is 0.490 e. The predicted octanol–water partition coefficient (Wildman–Crippen LogP) is 1.59. The first-order valence-corrected chi connectivity index (χ1v) is 12.1. The Morgan fingerprint density at radius 3 is 1.76 bits per heavy atom. The van der Waals surface area contributed by atoms with Crippen LogP contribution in [0.3, 0.4) is 0 Å². The summed E-state index contributed by atoms with van der Waals surface area (Å²) in [6, 6.07) is -0.106. The number of nitrogens with one attached hydrogen (secondary N) is 1. The van der Waals surface area contributed by atoms with Crippen LogP contribution in [-0.2, 0) is 23.9 Å². The number of aliphatic carboxylic acids is 2. The van der Waals surface area contributed by atoms with Crippen LogP contribution in [0.1, 0.15) is 25.7 Å². The number of carboxylic acids is 2. The molecule has 4 fully saturated rings. The summed E-state index contributed by atoms with van der Waals surface area (Å²) in [6.45, 7) is 7.56. The van der Waals surface area contributed by atoms with E-state index < -0.39 is 24.3 Å². The maximum Gasteiger partial charge on any atom is 0.490 e. The Labute approximate surface area is 215 Å². The highest BCUT2D eigenvalue weighted by Gasteiger charge is 2.51. The Balaban J connectivity index is 0.000000301. The minimum Gasteiger partial charge on any atom is -0.475 e. The Morgan fingerprint density at radius 1 is 0.868 bits per heavy atom. The van der Waals surface area contributed by atoms with Gasteiger partial charge in [0.25, 0.3) is 0 Å². The minimum absolute atomic E-state index is 0.0371. The van der Waals surface area contributed by atoms with Crippen molar-refractivity contribution in [1.29, 1.82) is 0 Å². The third kappa shape index (κ3) is 10.2. The molecule has 0 aromatic carbocycles. The highest BCUT2D eigenvalue weighted by atomic mass is 19.4. The number of carboxylic acid groups (broad SMARTS) is 2. The number of alkyl halides is 6. The molecular weight excluding hydrogens is 532 g/mol. The van der Waals surface area contributed by atoms with E-state index in [-0.39, 0.29) is 17.6 Å². The molecule has 0 aromatic rings. The Kier molecular flexibility index (Phi) is 11.2. The highest BCUT2D eigenvalue weighted by Crippen LogP contribution is 2.36. The number of hydrogen-bond donors (Lipinski definition) is 3. The number of halogens is 6. The topological polar surface area (TPSA) is 129 Å². The number of likely N-dealkylation sites (N-methyl/N-ethyl adjacent to an activating group) is 1. The van der Waals surface area contributed by atoms with Crippen molar-refractivity contribution in [3.05, 3.63) is 0 Å². The number of ether oxygens (including phenoxy) is 2. The molecule has 10 nitrogen and oxygen atoms in total. The van der Waals surface area contributed by atoms with E-state index in [9.17, 15) is 31.1 Å². The Morgan fingerprint density at radius 2 is 1.34 bits per heavy atom. The van der Waals surface area contributed by atoms with Gasteiger partial charge in [0.05, 0.1) is 6.61 Å². The summed E-state index contributed by atoms with van der Waals surface area (Å²) in [6.07, 6.45) is -5.14. The van der Waals surface area contributed by atoms with E-state index >= 15 is 0 Å². The number of carbonyl (C=O) groups is 3. The quantitative estimate of drug-likeness (QED) is 0.426. The lowest BCUT2D eigenvalue weighted by molar-refractivity contribution is -0.203. The highest BCUT2D eigenvalue weighted by molar-refractivity contribution is 5.81. The standard InChI is InChI=1S/C18H31N3O3.2C2HF3O2/c1-19-17(22)16-10-24-18(13-21(16)9-14-2-3-14)11-20(12-18)8-15-4-6-23-7-5-15;2*3-2(4,5)1(6)7/h14-16H,2-13H2,1H3,(H,19,22);2*(H,6,7).